The van der Waals surface area contributed by atoms with Crippen LogP contribution in [0.3, 0.4) is 0 Å². The van der Waals surface area contributed by atoms with Crippen molar-refractivity contribution < 1.29 is 0 Å². The Bertz CT molecular complexity index is 869. The van der Waals surface area contributed by atoms with Crippen LogP contribution in [0, 0.1) is 6.92 Å². The number of piperazine rings is 1. The highest BCUT2D eigenvalue weighted by molar-refractivity contribution is 7.80. The van der Waals surface area contributed by atoms with Crippen molar-refractivity contribution in [1.82, 2.24) is 14.8 Å². The zero-order valence-corrected chi connectivity index (χ0v) is 18.8. The fourth-order valence-electron chi connectivity index (χ4n) is 4.50. The maximum Gasteiger partial charge on any atom is 0.173 e. The van der Waals surface area contributed by atoms with Gasteiger partial charge in [0.2, 0.25) is 0 Å². The molecule has 1 aliphatic carbocycles. The summed E-state index contributed by atoms with van der Waals surface area (Å²) in [4.78, 5) is 12.0. The highest BCUT2D eigenvalue weighted by Gasteiger charge is 2.20. The number of hydrogen-bond acceptors (Lipinski definition) is 4. The van der Waals surface area contributed by atoms with Gasteiger partial charge in [0.05, 0.1) is 5.52 Å². The van der Waals surface area contributed by atoms with Gasteiger partial charge in [-0.05, 0) is 68.9 Å². The van der Waals surface area contributed by atoms with Gasteiger partial charge < -0.3 is 20.0 Å². The largest absolute Gasteiger partial charge is 0.354 e. The van der Waals surface area contributed by atoms with E-state index in [0.717, 1.165) is 48.3 Å². The highest BCUT2D eigenvalue weighted by Crippen LogP contribution is 2.27. The van der Waals surface area contributed by atoms with Crippen LogP contribution >= 0.6 is 12.2 Å². The van der Waals surface area contributed by atoms with Gasteiger partial charge in [0.15, 0.2) is 5.11 Å². The van der Waals surface area contributed by atoms with Crippen LogP contribution in [-0.4, -0.2) is 66.2 Å². The minimum absolute atomic E-state index is 0.568. The predicted octanol–water partition coefficient (Wildman–Crippen LogP) is 4.26. The number of pyridine rings is 1. The van der Waals surface area contributed by atoms with Crippen LogP contribution in [0.4, 0.5) is 11.5 Å². The van der Waals surface area contributed by atoms with Gasteiger partial charge in [-0.2, -0.15) is 0 Å². The zero-order chi connectivity index (χ0) is 20.4. The normalized spacial score (nSPS) is 18.8. The first kappa shape index (κ1) is 20.4. The Morgan fingerprint density at radius 2 is 1.83 bits per heavy atom. The molecule has 29 heavy (non-hydrogen) atoms. The van der Waals surface area contributed by atoms with Crippen LogP contribution in [0.15, 0.2) is 24.3 Å². The summed E-state index contributed by atoms with van der Waals surface area (Å²) in [7, 11) is 4.31. The van der Waals surface area contributed by atoms with E-state index in [1.165, 1.54) is 43.1 Å². The number of aryl methyl sites for hydroxylation is 1. The average molecular weight is 412 g/mol. The molecular formula is C23H33N5S. The number of thiocarbonyl (C=S) groups is 1. The van der Waals surface area contributed by atoms with Gasteiger partial charge in [-0.25, -0.2) is 4.98 Å². The van der Waals surface area contributed by atoms with E-state index < -0.39 is 0 Å². The van der Waals surface area contributed by atoms with E-state index in [0.29, 0.717) is 6.04 Å². The number of aromatic nitrogens is 1. The molecular weight excluding hydrogens is 378 g/mol. The Hall–Kier alpha value is -1.92. The van der Waals surface area contributed by atoms with Gasteiger partial charge >= 0.3 is 0 Å². The molecule has 2 heterocycles. The first-order chi connectivity index (χ1) is 14.0. The van der Waals surface area contributed by atoms with E-state index >= 15 is 0 Å². The van der Waals surface area contributed by atoms with E-state index in [1.807, 2.05) is 0 Å². The highest BCUT2D eigenvalue weighted by atomic mass is 32.1. The number of nitrogens with one attached hydrogen (secondary N) is 1. The smallest absolute Gasteiger partial charge is 0.173 e. The van der Waals surface area contributed by atoms with Crippen LogP contribution in [0.2, 0.25) is 0 Å². The van der Waals surface area contributed by atoms with Crippen molar-refractivity contribution in [2.75, 3.05) is 50.5 Å². The minimum atomic E-state index is 0.568. The van der Waals surface area contributed by atoms with Crippen LogP contribution in [-0.2, 0) is 0 Å². The summed E-state index contributed by atoms with van der Waals surface area (Å²) in [5, 5.41) is 5.46. The summed E-state index contributed by atoms with van der Waals surface area (Å²) in [6.07, 6.45) is 6.47. The van der Waals surface area contributed by atoms with Crippen molar-refractivity contribution in [3.8, 4) is 0 Å². The van der Waals surface area contributed by atoms with Gasteiger partial charge in [-0.3, -0.25) is 0 Å². The molecule has 0 unspecified atom stereocenters. The predicted molar refractivity (Wildman–Crippen MR) is 127 cm³/mol. The molecule has 0 bridgehead atoms. The lowest BCUT2D eigenvalue weighted by atomic mass is 9.95. The minimum Gasteiger partial charge on any atom is -0.354 e. The number of nitrogens with zero attached hydrogens (tertiary/aromatic N) is 4. The summed E-state index contributed by atoms with van der Waals surface area (Å²) in [5.41, 5.74) is 3.36. The second-order valence-corrected chi connectivity index (χ2v) is 9.04. The van der Waals surface area contributed by atoms with Gasteiger partial charge in [-0.15, -0.1) is 0 Å². The number of likely N-dealkylation sites (N-methyl/N-ethyl adjacent to an activating group) is 1. The number of hydrogen-bond donors (Lipinski definition) is 1. The molecule has 2 fully saturated rings. The molecule has 1 saturated heterocycles. The Labute approximate surface area is 180 Å². The SMILES string of the molecule is Cc1cc(N2CCN(C)CC2)nc2ccc(NC(=S)N(C)C3CCCCC3)cc12. The van der Waals surface area contributed by atoms with Gasteiger partial charge in [0.1, 0.15) is 5.82 Å². The van der Waals surface area contributed by atoms with E-state index in [9.17, 15) is 0 Å². The first-order valence-electron chi connectivity index (χ1n) is 10.9. The lowest BCUT2D eigenvalue weighted by Crippen LogP contribution is -2.44. The number of anilines is 2. The quantitative estimate of drug-likeness (QED) is 0.761. The van der Waals surface area contributed by atoms with Crippen LogP contribution in [0.1, 0.15) is 37.7 Å². The summed E-state index contributed by atoms with van der Waals surface area (Å²) in [6.45, 7) is 6.44. The van der Waals surface area contributed by atoms with E-state index in [4.69, 9.17) is 17.2 Å². The molecule has 6 heteroatoms. The maximum absolute atomic E-state index is 5.70. The fraction of sp³-hybridized carbons (Fsp3) is 0.565. The van der Waals surface area contributed by atoms with Crippen LogP contribution < -0.4 is 10.2 Å². The molecule has 2 aliphatic rings. The van der Waals surface area contributed by atoms with Crippen molar-refractivity contribution in [3.63, 3.8) is 0 Å². The third-order valence-corrected chi connectivity index (χ3v) is 6.91. The summed E-state index contributed by atoms with van der Waals surface area (Å²) in [6, 6.07) is 9.20. The molecule has 1 N–H and O–H groups in total. The number of fused-ring (bicyclic) bond motifs is 1. The lowest BCUT2D eigenvalue weighted by molar-refractivity contribution is 0.281. The third kappa shape index (κ3) is 4.64. The number of rotatable bonds is 3. The second kappa shape index (κ2) is 8.84. The van der Waals surface area contributed by atoms with Crippen molar-refractivity contribution in [2.24, 2.45) is 0 Å². The molecule has 5 nitrogen and oxygen atoms in total. The molecule has 0 amide bonds. The summed E-state index contributed by atoms with van der Waals surface area (Å²) >= 11 is 5.70. The van der Waals surface area contributed by atoms with Crippen LogP contribution in [0.5, 0.6) is 0 Å². The molecule has 1 aromatic carbocycles. The lowest BCUT2D eigenvalue weighted by Gasteiger charge is -2.33. The number of benzene rings is 1. The molecule has 0 radical (unpaired) electrons. The first-order valence-corrected chi connectivity index (χ1v) is 11.3. The monoisotopic (exact) mass is 411 g/mol. The van der Waals surface area contributed by atoms with Crippen molar-refractivity contribution >= 4 is 39.7 Å². The molecule has 2 aromatic rings. The summed E-state index contributed by atoms with van der Waals surface area (Å²) < 4.78 is 0. The van der Waals surface area contributed by atoms with E-state index in [-0.39, 0.29) is 0 Å². The standard InChI is InChI=1S/C23H33N5S/c1-17-15-22(28-13-11-26(2)12-14-28)25-21-10-9-18(16-20(17)21)24-23(29)27(3)19-7-5-4-6-8-19/h9-10,15-16,19H,4-8,11-14H2,1-3H3,(H,24,29). The molecule has 0 atom stereocenters. The molecule has 0 spiro atoms. The molecule has 1 saturated carbocycles. The van der Waals surface area contributed by atoms with E-state index in [1.54, 1.807) is 0 Å². The van der Waals surface area contributed by atoms with Gasteiger partial charge in [0.25, 0.3) is 0 Å². The van der Waals surface area contributed by atoms with E-state index in [2.05, 4.69) is 65.3 Å². The van der Waals surface area contributed by atoms with Crippen molar-refractivity contribution in [2.45, 2.75) is 45.1 Å². The Morgan fingerprint density at radius 3 is 2.55 bits per heavy atom. The Morgan fingerprint density at radius 1 is 1.10 bits per heavy atom. The zero-order valence-electron chi connectivity index (χ0n) is 17.9. The second-order valence-electron chi connectivity index (χ2n) is 8.65. The van der Waals surface area contributed by atoms with Crippen molar-refractivity contribution in [3.05, 3.63) is 29.8 Å². The van der Waals surface area contributed by atoms with Gasteiger partial charge in [0, 0.05) is 50.3 Å². The van der Waals surface area contributed by atoms with Crippen LogP contribution in [0.25, 0.3) is 10.9 Å². The molecule has 1 aromatic heterocycles. The topological polar surface area (TPSA) is 34.6 Å². The van der Waals surface area contributed by atoms with Crippen molar-refractivity contribution in [1.29, 1.82) is 0 Å². The Balaban J connectivity index is 1.49. The average Bonchev–Trinajstić information content (AvgIpc) is 2.74. The third-order valence-electron chi connectivity index (χ3n) is 6.52. The molecule has 1 aliphatic heterocycles. The summed E-state index contributed by atoms with van der Waals surface area (Å²) in [5.74, 6) is 1.09. The fourth-order valence-corrected chi connectivity index (χ4v) is 4.76. The Kier molecular flexibility index (Phi) is 6.20. The molecule has 156 valence electrons. The maximum atomic E-state index is 5.70. The molecule has 4 rings (SSSR count). The van der Waals surface area contributed by atoms with Gasteiger partial charge in [-0.1, -0.05) is 19.3 Å².